The van der Waals surface area contributed by atoms with E-state index in [9.17, 15) is 4.79 Å². The number of halogens is 1. The van der Waals surface area contributed by atoms with Crippen LogP contribution in [0.15, 0.2) is 42.6 Å². The van der Waals surface area contributed by atoms with Crippen molar-refractivity contribution in [2.75, 3.05) is 18.0 Å². The van der Waals surface area contributed by atoms with Crippen LogP contribution in [-0.2, 0) is 17.7 Å². The van der Waals surface area contributed by atoms with Crippen molar-refractivity contribution < 1.29 is 9.53 Å². The van der Waals surface area contributed by atoms with Crippen molar-refractivity contribution in [3.63, 3.8) is 0 Å². The summed E-state index contributed by atoms with van der Waals surface area (Å²) in [5.74, 6) is -0.137. The molecule has 2 aromatic heterocycles. The number of aromatic nitrogens is 2. The van der Waals surface area contributed by atoms with Gasteiger partial charge in [0.15, 0.2) is 0 Å². The molecule has 2 unspecified atom stereocenters. The Morgan fingerprint density at radius 3 is 2.57 bits per heavy atom. The SMILES string of the molecule is CCc1nc2cc(Cl)ccn2c1C(=O)NCc1ccc(N2CC(C)OC(C)C2)cc1. The van der Waals surface area contributed by atoms with Crippen LogP contribution in [0.2, 0.25) is 5.02 Å². The maximum absolute atomic E-state index is 12.9. The molecule has 0 bridgehead atoms. The molecule has 30 heavy (non-hydrogen) atoms. The van der Waals surface area contributed by atoms with Crippen LogP contribution in [-0.4, -0.2) is 40.6 Å². The molecule has 6 nitrogen and oxygen atoms in total. The van der Waals surface area contributed by atoms with E-state index in [1.165, 1.54) is 5.69 Å². The fourth-order valence-electron chi connectivity index (χ4n) is 4.03. The van der Waals surface area contributed by atoms with Crippen molar-refractivity contribution in [3.05, 3.63) is 64.6 Å². The van der Waals surface area contributed by atoms with Crippen LogP contribution in [0.4, 0.5) is 5.69 Å². The number of rotatable bonds is 5. The highest BCUT2D eigenvalue weighted by Crippen LogP contribution is 2.21. The number of hydrogen-bond acceptors (Lipinski definition) is 4. The second kappa shape index (κ2) is 8.66. The van der Waals surface area contributed by atoms with E-state index in [1.807, 2.05) is 6.92 Å². The summed E-state index contributed by atoms with van der Waals surface area (Å²) in [6.45, 7) is 8.43. The average molecular weight is 427 g/mol. The lowest BCUT2D eigenvalue weighted by atomic mass is 10.1. The van der Waals surface area contributed by atoms with Crippen LogP contribution < -0.4 is 10.2 Å². The molecule has 1 aliphatic rings. The van der Waals surface area contributed by atoms with E-state index in [-0.39, 0.29) is 18.1 Å². The minimum Gasteiger partial charge on any atom is -0.372 e. The van der Waals surface area contributed by atoms with Crippen molar-refractivity contribution in [2.45, 2.75) is 45.9 Å². The smallest absolute Gasteiger partial charge is 0.270 e. The Morgan fingerprint density at radius 2 is 1.90 bits per heavy atom. The second-order valence-corrected chi connectivity index (χ2v) is 8.28. The van der Waals surface area contributed by atoms with Crippen molar-refractivity contribution in [1.82, 2.24) is 14.7 Å². The Kier molecular flexibility index (Phi) is 5.97. The Balaban J connectivity index is 1.45. The monoisotopic (exact) mass is 426 g/mol. The first-order chi connectivity index (χ1) is 14.4. The van der Waals surface area contributed by atoms with Crippen molar-refractivity contribution in [3.8, 4) is 0 Å². The summed E-state index contributed by atoms with van der Waals surface area (Å²) in [6, 6.07) is 11.9. The Morgan fingerprint density at radius 1 is 1.20 bits per heavy atom. The third-order valence-corrected chi connectivity index (χ3v) is 5.62. The maximum atomic E-state index is 12.9. The van der Waals surface area contributed by atoms with Crippen molar-refractivity contribution in [2.24, 2.45) is 0 Å². The molecule has 0 radical (unpaired) electrons. The van der Waals surface area contributed by atoms with Crippen LogP contribution in [0, 0.1) is 0 Å². The molecule has 1 aliphatic heterocycles. The minimum atomic E-state index is -0.137. The van der Waals surface area contributed by atoms with Gasteiger partial charge in [0.2, 0.25) is 0 Å². The van der Waals surface area contributed by atoms with Gasteiger partial charge in [-0.2, -0.15) is 0 Å². The molecule has 0 saturated carbocycles. The quantitative estimate of drug-likeness (QED) is 0.667. The third kappa shape index (κ3) is 4.30. The number of carbonyl (C=O) groups excluding carboxylic acids is 1. The summed E-state index contributed by atoms with van der Waals surface area (Å²) >= 11 is 6.06. The van der Waals surface area contributed by atoms with Crippen LogP contribution >= 0.6 is 11.6 Å². The summed E-state index contributed by atoms with van der Waals surface area (Å²) in [5, 5.41) is 3.63. The Bertz CT molecular complexity index is 1040. The number of carbonyl (C=O) groups is 1. The molecule has 1 aromatic carbocycles. The summed E-state index contributed by atoms with van der Waals surface area (Å²) in [6.07, 6.45) is 2.91. The van der Waals surface area contributed by atoms with Crippen LogP contribution in [0.3, 0.4) is 0 Å². The molecule has 158 valence electrons. The van der Waals surface area contributed by atoms with Gasteiger partial charge in [-0.1, -0.05) is 30.7 Å². The Labute approximate surface area is 181 Å². The molecule has 3 aromatic rings. The number of nitrogens with one attached hydrogen (secondary N) is 1. The van der Waals surface area contributed by atoms with Gasteiger partial charge in [0.25, 0.3) is 5.91 Å². The van der Waals surface area contributed by atoms with E-state index in [0.717, 1.165) is 24.3 Å². The largest absolute Gasteiger partial charge is 0.372 e. The van der Waals surface area contributed by atoms with Crippen LogP contribution in [0.25, 0.3) is 5.65 Å². The number of hydrogen-bond donors (Lipinski definition) is 1. The highest BCUT2D eigenvalue weighted by atomic mass is 35.5. The van der Waals surface area contributed by atoms with Gasteiger partial charge in [0, 0.05) is 42.6 Å². The van der Waals surface area contributed by atoms with Crippen molar-refractivity contribution >= 4 is 28.8 Å². The van der Waals surface area contributed by atoms with Crippen LogP contribution in [0.5, 0.6) is 0 Å². The zero-order chi connectivity index (χ0) is 21.3. The standard InChI is InChI=1S/C23H27ClN4O2/c1-4-20-22(28-10-9-18(24)11-21(28)26-20)23(29)25-12-17-5-7-19(8-6-17)27-13-15(2)30-16(3)14-27/h5-11,15-16H,4,12-14H2,1-3H3,(H,25,29). The first-order valence-electron chi connectivity index (χ1n) is 10.4. The topological polar surface area (TPSA) is 58.9 Å². The van der Waals surface area contributed by atoms with E-state index in [2.05, 4.69) is 53.3 Å². The number of anilines is 1. The van der Waals surface area contributed by atoms with E-state index >= 15 is 0 Å². The summed E-state index contributed by atoms with van der Waals surface area (Å²) in [5.41, 5.74) is 4.25. The highest BCUT2D eigenvalue weighted by molar-refractivity contribution is 6.30. The molecule has 7 heteroatoms. The number of ether oxygens (including phenoxy) is 1. The molecule has 0 spiro atoms. The molecular formula is C23H27ClN4O2. The number of amides is 1. The number of nitrogens with zero attached hydrogens (tertiary/aromatic N) is 3. The molecule has 1 saturated heterocycles. The van der Waals surface area contributed by atoms with E-state index < -0.39 is 0 Å². The van der Waals surface area contributed by atoms with Gasteiger partial charge < -0.3 is 15.0 Å². The predicted molar refractivity (Wildman–Crippen MR) is 119 cm³/mol. The molecule has 1 N–H and O–H groups in total. The van der Waals surface area contributed by atoms with Gasteiger partial charge in [0.1, 0.15) is 11.3 Å². The van der Waals surface area contributed by atoms with Gasteiger partial charge in [-0.25, -0.2) is 4.98 Å². The minimum absolute atomic E-state index is 0.137. The number of fused-ring (bicyclic) bond motifs is 1. The number of pyridine rings is 1. The molecule has 0 aliphatic carbocycles. The number of imidazole rings is 1. The van der Waals surface area contributed by atoms with E-state index in [4.69, 9.17) is 16.3 Å². The number of aryl methyl sites for hydroxylation is 1. The normalized spacial score (nSPS) is 19.3. The zero-order valence-electron chi connectivity index (χ0n) is 17.6. The zero-order valence-corrected chi connectivity index (χ0v) is 18.3. The first-order valence-corrected chi connectivity index (χ1v) is 10.8. The van der Waals surface area contributed by atoms with Gasteiger partial charge >= 0.3 is 0 Å². The molecule has 2 atom stereocenters. The third-order valence-electron chi connectivity index (χ3n) is 5.38. The van der Waals surface area contributed by atoms with Crippen molar-refractivity contribution in [1.29, 1.82) is 0 Å². The molecule has 1 fully saturated rings. The molecule has 1 amide bonds. The summed E-state index contributed by atoms with van der Waals surface area (Å²) < 4.78 is 7.61. The lowest BCUT2D eigenvalue weighted by Crippen LogP contribution is -2.45. The lowest BCUT2D eigenvalue weighted by Gasteiger charge is -2.36. The van der Waals surface area contributed by atoms with Gasteiger partial charge in [0.05, 0.1) is 17.9 Å². The van der Waals surface area contributed by atoms with Crippen LogP contribution in [0.1, 0.15) is 42.5 Å². The van der Waals surface area contributed by atoms with Gasteiger partial charge in [-0.3, -0.25) is 9.20 Å². The summed E-state index contributed by atoms with van der Waals surface area (Å²) in [4.78, 5) is 19.8. The fraction of sp³-hybridized carbons (Fsp3) is 0.391. The molecular weight excluding hydrogens is 400 g/mol. The van der Waals surface area contributed by atoms with Gasteiger partial charge in [-0.15, -0.1) is 0 Å². The maximum Gasteiger partial charge on any atom is 0.270 e. The number of benzene rings is 1. The highest BCUT2D eigenvalue weighted by Gasteiger charge is 2.22. The predicted octanol–water partition coefficient (Wildman–Crippen LogP) is 4.09. The van der Waals surface area contributed by atoms with E-state index in [0.29, 0.717) is 29.3 Å². The van der Waals surface area contributed by atoms with Gasteiger partial charge in [-0.05, 0) is 44.0 Å². The molecule has 3 heterocycles. The average Bonchev–Trinajstić information content (AvgIpc) is 3.09. The molecule has 4 rings (SSSR count). The number of morpholine rings is 1. The van der Waals surface area contributed by atoms with E-state index in [1.54, 1.807) is 22.7 Å². The fourth-order valence-corrected chi connectivity index (χ4v) is 4.19. The second-order valence-electron chi connectivity index (χ2n) is 7.85. The first kappa shape index (κ1) is 20.7. The lowest BCUT2D eigenvalue weighted by molar-refractivity contribution is -0.00522. The summed E-state index contributed by atoms with van der Waals surface area (Å²) in [7, 11) is 0. The Hall–Kier alpha value is -2.57.